The molecule has 0 saturated carbocycles. The number of nitrogens with zero attached hydrogens (tertiary/aromatic N) is 3. The van der Waals surface area contributed by atoms with Crippen molar-refractivity contribution in [2.45, 2.75) is 52.2 Å². The van der Waals surface area contributed by atoms with Crippen LogP contribution in [0.2, 0.25) is 0 Å². The number of rotatable bonds is 2. The summed E-state index contributed by atoms with van der Waals surface area (Å²) in [6.45, 7) is 12.6. The number of hydrogen-bond acceptors (Lipinski definition) is 4. The van der Waals surface area contributed by atoms with Crippen LogP contribution in [0.4, 0.5) is 5.82 Å². The second-order valence-corrected chi connectivity index (χ2v) is 8.88. The molecule has 4 heteroatoms. The summed E-state index contributed by atoms with van der Waals surface area (Å²) in [6, 6.07) is 16.9. The van der Waals surface area contributed by atoms with E-state index >= 15 is 0 Å². The molecule has 1 aromatic heterocycles. The average molecular weight is 376 g/mol. The Morgan fingerprint density at radius 2 is 1.54 bits per heavy atom. The van der Waals surface area contributed by atoms with E-state index in [4.69, 9.17) is 14.7 Å². The van der Waals surface area contributed by atoms with Crippen LogP contribution < -0.4 is 4.90 Å². The Morgan fingerprint density at radius 1 is 0.893 bits per heavy atom. The van der Waals surface area contributed by atoms with Crippen molar-refractivity contribution in [1.82, 2.24) is 9.97 Å². The number of benzene rings is 2. The molecule has 146 valence electrons. The van der Waals surface area contributed by atoms with Crippen molar-refractivity contribution < 1.29 is 4.74 Å². The highest BCUT2D eigenvalue weighted by Gasteiger charge is 2.25. The van der Waals surface area contributed by atoms with Gasteiger partial charge in [-0.3, -0.25) is 0 Å². The molecule has 3 aromatic rings. The van der Waals surface area contributed by atoms with E-state index in [2.05, 4.69) is 82.0 Å². The van der Waals surface area contributed by atoms with Crippen LogP contribution in [-0.4, -0.2) is 35.3 Å². The molecule has 4 rings (SSSR count). The van der Waals surface area contributed by atoms with E-state index in [1.165, 1.54) is 5.56 Å². The zero-order valence-electron chi connectivity index (χ0n) is 17.4. The van der Waals surface area contributed by atoms with Crippen LogP contribution >= 0.6 is 0 Å². The van der Waals surface area contributed by atoms with E-state index in [0.717, 1.165) is 41.2 Å². The fourth-order valence-electron chi connectivity index (χ4n) is 3.90. The van der Waals surface area contributed by atoms with Crippen molar-refractivity contribution >= 4 is 16.7 Å². The van der Waals surface area contributed by atoms with Gasteiger partial charge in [0, 0.05) is 24.0 Å². The second kappa shape index (κ2) is 7.17. The van der Waals surface area contributed by atoms with Gasteiger partial charge in [-0.25, -0.2) is 9.97 Å². The smallest absolute Gasteiger partial charge is 0.162 e. The highest BCUT2D eigenvalue weighted by atomic mass is 16.5. The Labute approximate surface area is 167 Å². The zero-order valence-corrected chi connectivity index (χ0v) is 17.4. The molecule has 0 aliphatic carbocycles. The fourth-order valence-corrected chi connectivity index (χ4v) is 3.90. The van der Waals surface area contributed by atoms with Gasteiger partial charge in [-0.15, -0.1) is 0 Å². The fraction of sp³-hybridized carbons (Fsp3) is 0.417. The van der Waals surface area contributed by atoms with Gasteiger partial charge in [0.2, 0.25) is 0 Å². The maximum absolute atomic E-state index is 5.92. The molecule has 1 aliphatic rings. The summed E-state index contributed by atoms with van der Waals surface area (Å²) in [4.78, 5) is 12.2. The van der Waals surface area contributed by atoms with E-state index in [0.29, 0.717) is 0 Å². The number of ether oxygens (including phenoxy) is 1. The van der Waals surface area contributed by atoms with Gasteiger partial charge in [0.05, 0.1) is 17.7 Å². The molecule has 0 radical (unpaired) electrons. The van der Waals surface area contributed by atoms with E-state index in [1.54, 1.807) is 0 Å². The molecule has 0 bridgehead atoms. The number of aromatic nitrogens is 2. The summed E-state index contributed by atoms with van der Waals surface area (Å²) < 4.78 is 5.92. The lowest BCUT2D eigenvalue weighted by molar-refractivity contribution is -0.00536. The van der Waals surface area contributed by atoms with Crippen LogP contribution in [-0.2, 0) is 10.2 Å². The monoisotopic (exact) mass is 375 g/mol. The van der Waals surface area contributed by atoms with Crippen molar-refractivity contribution in [3.63, 3.8) is 0 Å². The maximum Gasteiger partial charge on any atom is 0.162 e. The van der Waals surface area contributed by atoms with Crippen molar-refractivity contribution in [3.8, 4) is 11.4 Å². The predicted octanol–water partition coefficient (Wildman–Crippen LogP) is 5.21. The Morgan fingerprint density at radius 3 is 2.18 bits per heavy atom. The van der Waals surface area contributed by atoms with Crippen LogP contribution in [0, 0.1) is 0 Å². The minimum Gasteiger partial charge on any atom is -0.372 e. The normalized spacial score (nSPS) is 20.5. The lowest BCUT2D eigenvalue weighted by atomic mass is 9.87. The van der Waals surface area contributed by atoms with Gasteiger partial charge >= 0.3 is 0 Å². The molecule has 0 N–H and O–H groups in total. The molecule has 0 spiro atoms. The number of para-hydroxylation sites is 1. The Balaban J connectivity index is 1.80. The highest BCUT2D eigenvalue weighted by molar-refractivity contribution is 5.91. The van der Waals surface area contributed by atoms with Crippen molar-refractivity contribution in [3.05, 3.63) is 54.1 Å². The molecule has 2 heterocycles. The first-order valence-electron chi connectivity index (χ1n) is 10.1. The summed E-state index contributed by atoms with van der Waals surface area (Å²) in [7, 11) is 0. The molecule has 1 fully saturated rings. The van der Waals surface area contributed by atoms with Gasteiger partial charge in [0.1, 0.15) is 5.82 Å². The zero-order chi connectivity index (χ0) is 19.9. The van der Waals surface area contributed by atoms with Gasteiger partial charge in [0.25, 0.3) is 0 Å². The number of hydrogen-bond donors (Lipinski definition) is 0. The molecular weight excluding hydrogens is 346 g/mol. The molecule has 0 unspecified atom stereocenters. The Hall–Kier alpha value is -2.46. The first-order chi connectivity index (χ1) is 13.3. The van der Waals surface area contributed by atoms with Gasteiger partial charge in [-0.05, 0) is 37.0 Å². The largest absolute Gasteiger partial charge is 0.372 e. The third kappa shape index (κ3) is 3.74. The molecular formula is C24H29N3O. The Kier molecular flexibility index (Phi) is 4.84. The molecule has 1 aliphatic heterocycles. The number of fused-ring (bicyclic) bond motifs is 1. The quantitative estimate of drug-likeness (QED) is 0.616. The number of anilines is 1. The van der Waals surface area contributed by atoms with Crippen LogP contribution in [0.15, 0.2) is 48.5 Å². The van der Waals surface area contributed by atoms with Crippen LogP contribution in [0.25, 0.3) is 22.3 Å². The SMILES string of the molecule is C[C@@H]1CN(c2nc(-c3ccc(C(C)(C)C)cc3)nc3ccccc23)C[C@H](C)O1. The van der Waals surface area contributed by atoms with E-state index in [1.807, 2.05) is 6.07 Å². The predicted molar refractivity (Wildman–Crippen MR) is 116 cm³/mol. The molecule has 4 nitrogen and oxygen atoms in total. The summed E-state index contributed by atoms with van der Waals surface area (Å²) in [6.07, 6.45) is 0.374. The van der Waals surface area contributed by atoms with E-state index < -0.39 is 0 Å². The van der Waals surface area contributed by atoms with Gasteiger partial charge in [-0.1, -0.05) is 57.2 Å². The molecule has 28 heavy (non-hydrogen) atoms. The second-order valence-electron chi connectivity index (χ2n) is 8.88. The van der Waals surface area contributed by atoms with Gasteiger partial charge < -0.3 is 9.64 Å². The lowest BCUT2D eigenvalue weighted by Gasteiger charge is -2.36. The average Bonchev–Trinajstić information content (AvgIpc) is 2.66. The molecule has 2 atom stereocenters. The maximum atomic E-state index is 5.92. The topological polar surface area (TPSA) is 38.2 Å². The van der Waals surface area contributed by atoms with Crippen molar-refractivity contribution in [2.24, 2.45) is 0 Å². The van der Waals surface area contributed by atoms with Crippen molar-refractivity contribution in [2.75, 3.05) is 18.0 Å². The summed E-state index contributed by atoms with van der Waals surface area (Å²) in [5.74, 6) is 1.78. The van der Waals surface area contributed by atoms with Gasteiger partial charge in [-0.2, -0.15) is 0 Å². The van der Waals surface area contributed by atoms with Crippen LogP contribution in [0.1, 0.15) is 40.2 Å². The van der Waals surface area contributed by atoms with E-state index in [9.17, 15) is 0 Å². The van der Waals surface area contributed by atoms with Crippen LogP contribution in [0.5, 0.6) is 0 Å². The minimum absolute atomic E-state index is 0.133. The Bertz CT molecular complexity index is 965. The van der Waals surface area contributed by atoms with Crippen molar-refractivity contribution in [1.29, 1.82) is 0 Å². The third-order valence-corrected chi connectivity index (χ3v) is 5.31. The summed E-state index contributed by atoms with van der Waals surface area (Å²) in [5.41, 5.74) is 3.48. The molecule has 0 amide bonds. The minimum atomic E-state index is 0.133. The first-order valence-corrected chi connectivity index (χ1v) is 10.1. The third-order valence-electron chi connectivity index (χ3n) is 5.31. The molecule has 1 saturated heterocycles. The highest BCUT2D eigenvalue weighted by Crippen LogP contribution is 2.30. The molecule has 2 aromatic carbocycles. The van der Waals surface area contributed by atoms with Gasteiger partial charge in [0.15, 0.2) is 5.82 Å². The summed E-state index contributed by atoms with van der Waals surface area (Å²) >= 11 is 0. The lowest BCUT2D eigenvalue weighted by Crippen LogP contribution is -2.46. The number of morpholine rings is 1. The van der Waals surface area contributed by atoms with Crippen LogP contribution in [0.3, 0.4) is 0 Å². The standard InChI is InChI=1S/C24H29N3O/c1-16-14-27(15-17(2)28-16)23-20-8-6-7-9-21(20)25-22(26-23)18-10-12-19(13-11-18)24(3,4)5/h6-13,16-17H,14-15H2,1-5H3/t16-,17+. The summed E-state index contributed by atoms with van der Waals surface area (Å²) in [5, 5.41) is 1.10. The first kappa shape index (κ1) is 18.9. The van der Waals surface area contributed by atoms with E-state index in [-0.39, 0.29) is 17.6 Å².